The summed E-state index contributed by atoms with van der Waals surface area (Å²) in [6, 6.07) is 11.9. The quantitative estimate of drug-likeness (QED) is 0.776. The van der Waals surface area contributed by atoms with Crippen molar-refractivity contribution in [3.05, 3.63) is 71.3 Å². The molecule has 1 fully saturated rings. The molecule has 4 rings (SSSR count). The number of rotatable bonds is 4. The monoisotopic (exact) mass is 354 g/mol. The lowest BCUT2D eigenvalue weighted by Crippen LogP contribution is -2.45. The average molecular weight is 355 g/mol. The Bertz CT molecular complexity index is 836. The van der Waals surface area contributed by atoms with Crippen LogP contribution in [0.4, 0.5) is 0 Å². The van der Waals surface area contributed by atoms with Gasteiger partial charge in [0.1, 0.15) is 6.26 Å². The van der Waals surface area contributed by atoms with E-state index < -0.39 is 0 Å². The summed E-state index contributed by atoms with van der Waals surface area (Å²) in [5.74, 6) is 0.602. The summed E-state index contributed by atoms with van der Waals surface area (Å²) in [7, 11) is 0. The molecule has 1 aromatic carbocycles. The van der Waals surface area contributed by atoms with Crippen LogP contribution in [0.15, 0.2) is 59.5 Å². The molecule has 128 valence electrons. The average Bonchev–Trinajstić information content (AvgIpc) is 3.12. The molecule has 3 heterocycles. The number of nitrogens with one attached hydrogen (secondary N) is 1. The molecule has 25 heavy (non-hydrogen) atoms. The van der Waals surface area contributed by atoms with Gasteiger partial charge in [-0.1, -0.05) is 23.7 Å². The number of pyridine rings is 1. The summed E-state index contributed by atoms with van der Waals surface area (Å²) < 4.78 is 5.66. The molecular formula is C19H19ClN4O. The number of hydrogen-bond acceptors (Lipinski definition) is 5. The number of aromatic nitrogens is 2. The van der Waals surface area contributed by atoms with Crippen LogP contribution in [0.2, 0.25) is 5.02 Å². The molecule has 1 saturated heterocycles. The van der Waals surface area contributed by atoms with Gasteiger partial charge in [-0.2, -0.15) is 0 Å². The minimum absolute atomic E-state index is 0.286. The molecule has 3 aromatic rings. The lowest BCUT2D eigenvalue weighted by molar-refractivity contribution is 0.151. The topological polar surface area (TPSA) is 54.2 Å². The Morgan fingerprint density at radius 2 is 2.24 bits per heavy atom. The molecule has 0 aliphatic carbocycles. The molecule has 0 radical (unpaired) electrons. The molecule has 0 bridgehead atoms. The van der Waals surface area contributed by atoms with Crippen molar-refractivity contribution in [3.8, 4) is 11.5 Å². The van der Waals surface area contributed by atoms with Crippen molar-refractivity contribution in [1.29, 1.82) is 0 Å². The van der Waals surface area contributed by atoms with E-state index in [4.69, 9.17) is 16.0 Å². The largest absolute Gasteiger partial charge is 0.444 e. The van der Waals surface area contributed by atoms with E-state index in [1.807, 2.05) is 36.5 Å². The molecule has 1 aliphatic heterocycles. The highest BCUT2D eigenvalue weighted by Crippen LogP contribution is 2.26. The number of piperazine rings is 1. The van der Waals surface area contributed by atoms with Gasteiger partial charge < -0.3 is 9.73 Å². The minimum Gasteiger partial charge on any atom is -0.444 e. The third-order valence-electron chi connectivity index (χ3n) is 4.41. The predicted molar refractivity (Wildman–Crippen MR) is 97.2 cm³/mol. The van der Waals surface area contributed by atoms with Crippen molar-refractivity contribution in [3.63, 3.8) is 0 Å². The van der Waals surface area contributed by atoms with Gasteiger partial charge in [0, 0.05) is 55.2 Å². The lowest BCUT2D eigenvalue weighted by atomic mass is 10.1. The van der Waals surface area contributed by atoms with Crippen LogP contribution in [0.25, 0.3) is 11.5 Å². The molecule has 6 heteroatoms. The zero-order valence-electron chi connectivity index (χ0n) is 13.7. The molecule has 0 amide bonds. The molecule has 0 saturated carbocycles. The summed E-state index contributed by atoms with van der Waals surface area (Å²) in [6.45, 7) is 3.57. The molecule has 2 aromatic heterocycles. The van der Waals surface area contributed by atoms with Gasteiger partial charge in [0.25, 0.3) is 0 Å². The maximum atomic E-state index is 6.05. The van der Waals surface area contributed by atoms with Gasteiger partial charge >= 0.3 is 0 Å². The summed E-state index contributed by atoms with van der Waals surface area (Å²) >= 11 is 6.05. The smallest absolute Gasteiger partial charge is 0.226 e. The maximum Gasteiger partial charge on any atom is 0.226 e. The van der Waals surface area contributed by atoms with Gasteiger partial charge in [-0.15, -0.1) is 0 Å². The van der Waals surface area contributed by atoms with E-state index in [9.17, 15) is 0 Å². The van der Waals surface area contributed by atoms with E-state index in [0.717, 1.165) is 37.4 Å². The second kappa shape index (κ2) is 7.35. The highest BCUT2D eigenvalue weighted by Gasteiger charge is 2.25. The van der Waals surface area contributed by atoms with Crippen molar-refractivity contribution in [2.45, 2.75) is 12.6 Å². The molecular weight excluding hydrogens is 336 g/mol. The number of oxazole rings is 1. The Hall–Kier alpha value is -2.21. The predicted octanol–water partition coefficient (Wildman–Crippen LogP) is 3.54. The highest BCUT2D eigenvalue weighted by molar-refractivity contribution is 6.30. The van der Waals surface area contributed by atoms with E-state index >= 15 is 0 Å². The highest BCUT2D eigenvalue weighted by atomic mass is 35.5. The van der Waals surface area contributed by atoms with Crippen LogP contribution < -0.4 is 5.32 Å². The maximum absolute atomic E-state index is 6.05. The molecule has 1 unspecified atom stereocenters. The van der Waals surface area contributed by atoms with Gasteiger partial charge in [-0.25, -0.2) is 4.98 Å². The fourth-order valence-electron chi connectivity index (χ4n) is 3.18. The van der Waals surface area contributed by atoms with Gasteiger partial charge in [0.2, 0.25) is 5.89 Å². The zero-order chi connectivity index (χ0) is 17.1. The van der Waals surface area contributed by atoms with E-state index in [1.165, 1.54) is 5.56 Å². The first-order valence-electron chi connectivity index (χ1n) is 8.34. The summed E-state index contributed by atoms with van der Waals surface area (Å²) in [6.07, 6.45) is 5.47. The Balaban J connectivity index is 1.53. The minimum atomic E-state index is 0.286. The molecule has 1 atom stereocenters. The zero-order valence-corrected chi connectivity index (χ0v) is 14.5. The van der Waals surface area contributed by atoms with Crippen LogP contribution in [-0.2, 0) is 6.54 Å². The van der Waals surface area contributed by atoms with E-state index in [2.05, 4.69) is 26.3 Å². The summed E-state index contributed by atoms with van der Waals surface area (Å²) in [5.41, 5.74) is 3.03. The van der Waals surface area contributed by atoms with Gasteiger partial charge in [-0.05, 0) is 29.8 Å². The molecule has 0 spiro atoms. The molecule has 5 nitrogen and oxygen atoms in total. The van der Waals surface area contributed by atoms with E-state index in [0.29, 0.717) is 10.9 Å². The lowest BCUT2D eigenvalue weighted by Gasteiger charge is -2.35. The Morgan fingerprint density at radius 1 is 1.28 bits per heavy atom. The Morgan fingerprint density at radius 3 is 3.08 bits per heavy atom. The van der Waals surface area contributed by atoms with Crippen LogP contribution in [0.1, 0.15) is 17.3 Å². The van der Waals surface area contributed by atoms with E-state index in [-0.39, 0.29) is 6.04 Å². The Labute approximate surface area is 151 Å². The van der Waals surface area contributed by atoms with Gasteiger partial charge in [0.05, 0.1) is 5.69 Å². The van der Waals surface area contributed by atoms with Crippen LogP contribution in [0.3, 0.4) is 0 Å². The number of hydrogen-bond donors (Lipinski definition) is 1. The normalized spacial score (nSPS) is 18.4. The first-order valence-corrected chi connectivity index (χ1v) is 8.72. The van der Waals surface area contributed by atoms with Crippen molar-refractivity contribution in [2.24, 2.45) is 0 Å². The standard InChI is InChI=1S/C19H19ClN4O/c20-16-5-1-3-14(9-16)19-23-17(13-25-19)12-24-8-7-22-11-18(24)15-4-2-6-21-10-15/h1-6,9-10,13,18,22H,7-8,11-12H2. The second-order valence-electron chi connectivity index (χ2n) is 6.13. The van der Waals surface area contributed by atoms with E-state index in [1.54, 1.807) is 12.5 Å². The first-order chi connectivity index (χ1) is 12.3. The van der Waals surface area contributed by atoms with Gasteiger partial charge in [-0.3, -0.25) is 9.88 Å². The van der Waals surface area contributed by atoms with Crippen molar-refractivity contribution < 1.29 is 4.42 Å². The van der Waals surface area contributed by atoms with Crippen LogP contribution in [0.5, 0.6) is 0 Å². The SMILES string of the molecule is Clc1cccc(-c2nc(CN3CCNCC3c3cccnc3)co2)c1. The first kappa shape index (κ1) is 16.3. The van der Waals surface area contributed by atoms with Crippen LogP contribution in [0, 0.1) is 0 Å². The molecule has 1 N–H and O–H groups in total. The third-order valence-corrected chi connectivity index (χ3v) is 4.65. The molecule has 1 aliphatic rings. The second-order valence-corrected chi connectivity index (χ2v) is 6.57. The fourth-order valence-corrected chi connectivity index (χ4v) is 3.37. The number of nitrogens with zero attached hydrogens (tertiary/aromatic N) is 3. The number of benzene rings is 1. The van der Waals surface area contributed by atoms with Crippen molar-refractivity contribution in [2.75, 3.05) is 19.6 Å². The number of halogens is 1. The van der Waals surface area contributed by atoms with Crippen molar-refractivity contribution in [1.82, 2.24) is 20.2 Å². The van der Waals surface area contributed by atoms with Gasteiger partial charge in [0.15, 0.2) is 0 Å². The summed E-state index contributed by atoms with van der Waals surface area (Å²) in [5, 5.41) is 4.14. The Kier molecular flexibility index (Phi) is 4.78. The van der Waals surface area contributed by atoms with Crippen LogP contribution in [-0.4, -0.2) is 34.5 Å². The third kappa shape index (κ3) is 3.74. The van der Waals surface area contributed by atoms with Crippen LogP contribution >= 0.6 is 11.6 Å². The van der Waals surface area contributed by atoms with Crippen molar-refractivity contribution >= 4 is 11.6 Å². The summed E-state index contributed by atoms with van der Waals surface area (Å²) in [4.78, 5) is 11.3. The fraction of sp³-hybridized carbons (Fsp3) is 0.263.